The van der Waals surface area contributed by atoms with Crippen molar-refractivity contribution in [3.63, 3.8) is 0 Å². The summed E-state index contributed by atoms with van der Waals surface area (Å²) in [6, 6.07) is 7.89. The van der Waals surface area contributed by atoms with E-state index in [0.29, 0.717) is 30.9 Å². The van der Waals surface area contributed by atoms with Crippen molar-refractivity contribution in [1.82, 2.24) is 19.7 Å². The Labute approximate surface area is 212 Å². The van der Waals surface area contributed by atoms with Gasteiger partial charge in [-0.05, 0) is 57.7 Å². The maximum Gasteiger partial charge on any atom is 0.410 e. The number of nitrogens with zero attached hydrogens (tertiary/aromatic N) is 4. The third-order valence-corrected chi connectivity index (χ3v) is 6.18. The van der Waals surface area contributed by atoms with Crippen molar-refractivity contribution < 1.29 is 19.4 Å². The smallest absolute Gasteiger partial charge is 0.410 e. The van der Waals surface area contributed by atoms with E-state index in [1.807, 2.05) is 52.0 Å². The molecule has 196 valence electrons. The number of aromatic nitrogens is 2. The molecule has 0 radical (unpaired) electrons. The highest BCUT2D eigenvalue weighted by molar-refractivity contribution is 5.88. The summed E-state index contributed by atoms with van der Waals surface area (Å²) in [7, 11) is 1.67. The molecule has 1 aromatic carbocycles. The predicted molar refractivity (Wildman–Crippen MR) is 137 cm³/mol. The van der Waals surface area contributed by atoms with E-state index in [4.69, 9.17) is 16.3 Å². The van der Waals surface area contributed by atoms with Crippen LogP contribution in [-0.4, -0.2) is 62.6 Å². The van der Waals surface area contributed by atoms with E-state index in [1.165, 1.54) is 11.2 Å². The Bertz CT molecular complexity index is 1120. The minimum Gasteiger partial charge on any atom is -0.478 e. The number of hydrogen-bond acceptors (Lipinski definition) is 7. The number of amides is 1. The molecule has 2 aromatic rings. The zero-order chi connectivity index (χ0) is 26.6. The predicted octanol–water partition coefficient (Wildman–Crippen LogP) is 3.47. The van der Waals surface area contributed by atoms with Crippen LogP contribution in [0.3, 0.4) is 0 Å². The molecular weight excluding hydrogens is 460 g/mol. The van der Waals surface area contributed by atoms with E-state index in [1.54, 1.807) is 22.8 Å². The Hall–Kier alpha value is -3.53. The van der Waals surface area contributed by atoms with Gasteiger partial charge in [-0.15, -0.1) is 0 Å². The van der Waals surface area contributed by atoms with Crippen LogP contribution in [0, 0.1) is 5.92 Å². The Morgan fingerprint density at radius 2 is 2.08 bits per heavy atom. The molecule has 5 N–H and O–H groups in total. The molecule has 0 aliphatic carbocycles. The summed E-state index contributed by atoms with van der Waals surface area (Å²) in [6.07, 6.45) is 4.88. The quantitative estimate of drug-likeness (QED) is 0.389. The molecule has 3 rings (SSSR count). The first-order chi connectivity index (χ1) is 16.9. The SMILES string of the molecule is CC(Cc1c(C(=O)O)cnn1-c1cccc(C2CCCN(C(=O)OC(C)(C)C)C2)c1)/C(N)=C/N(C)N. The highest BCUT2D eigenvalue weighted by Crippen LogP contribution is 2.30. The Morgan fingerprint density at radius 3 is 2.72 bits per heavy atom. The van der Waals surface area contributed by atoms with Crippen LogP contribution in [0.2, 0.25) is 0 Å². The van der Waals surface area contributed by atoms with E-state index in [9.17, 15) is 14.7 Å². The monoisotopic (exact) mass is 498 g/mol. The first-order valence-corrected chi connectivity index (χ1v) is 12.2. The molecule has 0 bridgehead atoms. The van der Waals surface area contributed by atoms with Crippen LogP contribution in [0.5, 0.6) is 0 Å². The third-order valence-electron chi connectivity index (χ3n) is 6.18. The lowest BCUT2D eigenvalue weighted by Crippen LogP contribution is -2.42. The van der Waals surface area contributed by atoms with Gasteiger partial charge in [0.05, 0.1) is 17.6 Å². The van der Waals surface area contributed by atoms with Crippen LogP contribution in [0.4, 0.5) is 4.79 Å². The first-order valence-electron chi connectivity index (χ1n) is 12.2. The summed E-state index contributed by atoms with van der Waals surface area (Å²) in [5, 5.41) is 15.5. The number of allylic oxidation sites excluding steroid dienone is 1. The van der Waals surface area contributed by atoms with Gasteiger partial charge >= 0.3 is 12.1 Å². The molecule has 0 saturated carbocycles. The van der Waals surface area contributed by atoms with Gasteiger partial charge in [0.15, 0.2) is 0 Å². The van der Waals surface area contributed by atoms with Crippen molar-refractivity contribution in [1.29, 1.82) is 0 Å². The van der Waals surface area contributed by atoms with Gasteiger partial charge in [0.2, 0.25) is 0 Å². The second-order valence-electron chi connectivity index (χ2n) is 10.5. The number of likely N-dealkylation sites (tertiary alicyclic amines) is 1. The van der Waals surface area contributed by atoms with E-state index in [-0.39, 0.29) is 23.5 Å². The summed E-state index contributed by atoms with van der Waals surface area (Å²) in [5.74, 6) is 4.62. The van der Waals surface area contributed by atoms with Crippen molar-refractivity contribution in [3.8, 4) is 5.69 Å². The number of carbonyl (C=O) groups is 2. The van der Waals surface area contributed by atoms with Crippen molar-refractivity contribution >= 4 is 12.1 Å². The van der Waals surface area contributed by atoms with Crippen LogP contribution in [0.1, 0.15) is 68.1 Å². The highest BCUT2D eigenvalue weighted by atomic mass is 16.6. The van der Waals surface area contributed by atoms with Crippen LogP contribution in [0.15, 0.2) is 42.4 Å². The zero-order valence-electron chi connectivity index (χ0n) is 21.8. The summed E-state index contributed by atoms with van der Waals surface area (Å²) in [6.45, 7) is 8.74. The van der Waals surface area contributed by atoms with Crippen molar-refractivity contribution in [3.05, 3.63) is 59.2 Å². The number of hydrazine groups is 1. The lowest BCUT2D eigenvalue weighted by molar-refractivity contribution is 0.0198. The fourth-order valence-electron chi connectivity index (χ4n) is 4.39. The van der Waals surface area contributed by atoms with Gasteiger partial charge in [-0.3, -0.25) is 0 Å². The lowest BCUT2D eigenvalue weighted by Gasteiger charge is -2.34. The molecule has 2 atom stereocenters. The Kier molecular flexibility index (Phi) is 8.29. The van der Waals surface area contributed by atoms with E-state index in [2.05, 4.69) is 5.10 Å². The number of rotatable bonds is 7. The molecule has 36 heavy (non-hydrogen) atoms. The van der Waals surface area contributed by atoms with Gasteiger partial charge in [0, 0.05) is 43.9 Å². The average Bonchev–Trinajstić information content (AvgIpc) is 3.21. The highest BCUT2D eigenvalue weighted by Gasteiger charge is 2.29. The fourth-order valence-corrected chi connectivity index (χ4v) is 4.39. The average molecular weight is 499 g/mol. The second-order valence-corrected chi connectivity index (χ2v) is 10.5. The summed E-state index contributed by atoms with van der Waals surface area (Å²) < 4.78 is 7.23. The molecule has 10 heteroatoms. The van der Waals surface area contributed by atoms with Crippen LogP contribution < -0.4 is 11.6 Å². The first kappa shape index (κ1) is 27.1. The maximum absolute atomic E-state index is 12.6. The van der Waals surface area contributed by atoms with E-state index >= 15 is 0 Å². The zero-order valence-corrected chi connectivity index (χ0v) is 21.8. The molecule has 1 amide bonds. The van der Waals surface area contributed by atoms with E-state index < -0.39 is 11.6 Å². The fraction of sp³-hybridized carbons (Fsp3) is 0.500. The normalized spacial score (nSPS) is 17.6. The second kappa shape index (κ2) is 11.0. The number of hydrogen-bond donors (Lipinski definition) is 3. The topological polar surface area (TPSA) is 140 Å². The molecule has 1 aliphatic heterocycles. The van der Waals surface area contributed by atoms with Crippen molar-refractivity contribution in [2.24, 2.45) is 17.5 Å². The third kappa shape index (κ3) is 6.78. The molecular formula is C26H38N6O4. The summed E-state index contributed by atoms with van der Waals surface area (Å²) >= 11 is 0. The number of aromatic carboxylic acids is 1. The number of carboxylic acids is 1. The molecule has 2 unspecified atom stereocenters. The van der Waals surface area contributed by atoms with Crippen LogP contribution >= 0.6 is 0 Å². The van der Waals surface area contributed by atoms with Gasteiger partial charge in [0.25, 0.3) is 0 Å². The molecule has 1 aromatic heterocycles. The van der Waals surface area contributed by atoms with Crippen LogP contribution in [0.25, 0.3) is 5.69 Å². The summed E-state index contributed by atoms with van der Waals surface area (Å²) in [5.41, 5.74) is 8.68. The molecule has 10 nitrogen and oxygen atoms in total. The van der Waals surface area contributed by atoms with Gasteiger partial charge < -0.3 is 25.5 Å². The minimum atomic E-state index is -1.04. The molecule has 1 fully saturated rings. The minimum absolute atomic E-state index is 0.134. The van der Waals surface area contributed by atoms with Gasteiger partial charge in [-0.25, -0.2) is 20.1 Å². The molecule has 1 aliphatic rings. The van der Waals surface area contributed by atoms with Gasteiger partial charge in [0.1, 0.15) is 11.2 Å². The number of carboxylic acid groups (broad SMARTS) is 1. The van der Waals surface area contributed by atoms with Crippen molar-refractivity contribution in [2.45, 2.75) is 58.5 Å². The van der Waals surface area contributed by atoms with Gasteiger partial charge in [-0.2, -0.15) is 5.10 Å². The number of ether oxygens (including phenoxy) is 1. The summed E-state index contributed by atoms with van der Waals surface area (Å²) in [4.78, 5) is 26.3. The lowest BCUT2D eigenvalue weighted by atomic mass is 9.90. The maximum atomic E-state index is 12.6. The number of piperidine rings is 1. The Balaban J connectivity index is 1.88. The van der Waals surface area contributed by atoms with Crippen molar-refractivity contribution in [2.75, 3.05) is 20.1 Å². The Morgan fingerprint density at radius 1 is 1.36 bits per heavy atom. The van der Waals surface area contributed by atoms with Crippen LogP contribution in [-0.2, 0) is 11.2 Å². The molecule has 2 heterocycles. The molecule has 1 saturated heterocycles. The number of benzene rings is 1. The van der Waals surface area contributed by atoms with Gasteiger partial charge in [-0.1, -0.05) is 19.1 Å². The standard InChI is InChI=1S/C26H38N6O4/c1-17(22(27)16-30(5)28)12-23-21(24(33)34)14-29-32(23)20-10-6-8-18(13-20)19-9-7-11-31(15-19)25(35)36-26(2,3)4/h6,8,10,13-14,16-17,19H,7,9,11-12,15,27-28H2,1-5H3,(H,33,34)/b22-16-. The van der Waals surface area contributed by atoms with E-state index in [0.717, 1.165) is 24.1 Å². The molecule has 0 spiro atoms. The number of nitrogens with two attached hydrogens (primary N) is 2. The number of carbonyl (C=O) groups excluding carboxylic acids is 1. The largest absolute Gasteiger partial charge is 0.478 e.